The van der Waals surface area contributed by atoms with E-state index in [0.717, 1.165) is 32.3 Å². The predicted molar refractivity (Wildman–Crippen MR) is 237 cm³/mol. The van der Waals surface area contributed by atoms with Gasteiger partial charge in [0.1, 0.15) is 30.2 Å². The second kappa shape index (κ2) is 17.7. The number of nitriles is 1. The van der Waals surface area contributed by atoms with E-state index in [2.05, 4.69) is 21.7 Å². The number of aryl methyl sites for hydroxylation is 1. The third kappa shape index (κ3) is 9.19. The Morgan fingerprint density at radius 3 is 2.32 bits per heavy atom. The summed E-state index contributed by atoms with van der Waals surface area (Å²) in [6.45, 7) is 1.45. The fourth-order valence-corrected chi connectivity index (χ4v) is 10.7. The number of anilines is 2. The van der Waals surface area contributed by atoms with E-state index in [-0.39, 0.29) is 46.8 Å². The standard InChI is InChI=1S/C45H36Cl2N6O8S2/c1-24-44(62-45(49)50-24)63(58,59)53-22-32-20-39-36(51-42(55)40(61-39)30-11-13-33(14-12-30)60-23-27-6-15-34(46)35(47)16-27)18-31(32)19-38(53)41(54)52-37(43(56)57)17-25-2-7-28(8-3-25)29-9-4-26(21-48)5-10-29/h2-16,18,20,37-38,40H,17,19,22-23H2,1H3,(H2,49,50)(H,51,55)(H,52,54)(H,56,57)/t37-,38-,40?/m0/s1. The third-order valence-corrected chi connectivity index (χ3v) is 14.8. The first kappa shape index (κ1) is 43.2. The van der Waals surface area contributed by atoms with Crippen LogP contribution < -0.4 is 25.8 Å². The number of aromatic nitrogens is 1. The Labute approximate surface area is 375 Å². The van der Waals surface area contributed by atoms with Crippen LogP contribution in [0.1, 0.15) is 45.2 Å². The molecule has 0 spiro atoms. The number of nitrogen functional groups attached to an aromatic ring is 1. The summed E-state index contributed by atoms with van der Waals surface area (Å²) in [4.78, 5) is 44.4. The molecular formula is C45H36Cl2N6O8S2. The van der Waals surface area contributed by atoms with Gasteiger partial charge in [-0.2, -0.15) is 9.57 Å². The number of hydrogen-bond acceptors (Lipinski definition) is 11. The Morgan fingerprint density at radius 1 is 1.00 bits per heavy atom. The van der Waals surface area contributed by atoms with Crippen LogP contribution in [0.2, 0.25) is 10.0 Å². The van der Waals surface area contributed by atoms with Gasteiger partial charge in [-0.25, -0.2) is 18.2 Å². The molecule has 0 bridgehead atoms. The molecule has 1 aromatic heterocycles. The fraction of sp³-hybridized carbons (Fsp3) is 0.178. The average Bonchev–Trinajstić information content (AvgIpc) is 3.63. The minimum Gasteiger partial charge on any atom is -0.489 e. The van der Waals surface area contributed by atoms with E-state index in [9.17, 15) is 27.9 Å². The first-order valence-corrected chi connectivity index (χ1v) is 22.4. The molecule has 0 radical (unpaired) electrons. The molecule has 1 unspecified atom stereocenters. The van der Waals surface area contributed by atoms with Gasteiger partial charge in [-0.3, -0.25) is 9.59 Å². The van der Waals surface area contributed by atoms with Crippen LogP contribution in [0.15, 0.2) is 107 Å². The topological polar surface area (TPSA) is 214 Å². The lowest BCUT2D eigenvalue weighted by Gasteiger charge is -2.36. The van der Waals surface area contributed by atoms with Crippen LogP contribution in [0.4, 0.5) is 10.8 Å². The first-order chi connectivity index (χ1) is 30.2. The van der Waals surface area contributed by atoms with Gasteiger partial charge >= 0.3 is 5.97 Å². The maximum atomic E-state index is 14.4. The molecule has 2 amide bonds. The van der Waals surface area contributed by atoms with Gasteiger partial charge in [0, 0.05) is 18.5 Å². The van der Waals surface area contributed by atoms with Crippen molar-refractivity contribution in [1.82, 2.24) is 14.6 Å². The molecule has 6 aromatic rings. The Morgan fingerprint density at radius 2 is 1.68 bits per heavy atom. The number of nitrogens with one attached hydrogen (secondary N) is 2. The maximum absolute atomic E-state index is 14.4. The number of ether oxygens (including phenoxy) is 2. The number of sulfonamides is 1. The number of aliphatic carboxylic acids is 1. The Bertz CT molecular complexity index is 2920. The van der Waals surface area contributed by atoms with Gasteiger partial charge in [0.2, 0.25) is 12.0 Å². The zero-order valence-corrected chi connectivity index (χ0v) is 36.3. The smallest absolute Gasteiger partial charge is 0.326 e. The minimum atomic E-state index is -4.43. The summed E-state index contributed by atoms with van der Waals surface area (Å²) in [5, 5.41) is 25.7. The monoisotopic (exact) mass is 922 g/mol. The van der Waals surface area contributed by atoms with Crippen LogP contribution in [0.5, 0.6) is 11.5 Å². The molecule has 5 N–H and O–H groups in total. The number of rotatable bonds is 12. The summed E-state index contributed by atoms with van der Waals surface area (Å²) < 4.78 is 41.8. The zero-order chi connectivity index (χ0) is 44.6. The lowest BCUT2D eigenvalue weighted by atomic mass is 9.93. The lowest BCUT2D eigenvalue weighted by molar-refractivity contribution is -0.142. The number of carbonyl (C=O) groups excluding carboxylic acids is 2. The normalized spacial score (nSPS) is 16.4. The predicted octanol–water partition coefficient (Wildman–Crippen LogP) is 7.46. The molecule has 0 saturated carbocycles. The highest BCUT2D eigenvalue weighted by Crippen LogP contribution is 2.41. The number of thiazole rings is 1. The molecule has 8 rings (SSSR count). The van der Waals surface area contributed by atoms with Crippen molar-refractivity contribution in [1.29, 1.82) is 5.26 Å². The lowest BCUT2D eigenvalue weighted by Crippen LogP contribution is -2.55. The molecule has 2 aliphatic heterocycles. The number of carboxylic acids is 1. The van der Waals surface area contributed by atoms with E-state index >= 15 is 0 Å². The summed E-state index contributed by atoms with van der Waals surface area (Å²) in [7, 11) is -4.43. The molecule has 63 heavy (non-hydrogen) atoms. The number of benzene rings is 5. The number of carbonyl (C=O) groups is 3. The fourth-order valence-electron chi connectivity index (χ4n) is 7.42. The second-order valence-electron chi connectivity index (χ2n) is 14.9. The molecular weight excluding hydrogens is 888 g/mol. The Hall–Kier alpha value is -6.48. The number of halogens is 2. The van der Waals surface area contributed by atoms with Gasteiger partial charge in [0.25, 0.3) is 15.9 Å². The average molecular weight is 924 g/mol. The summed E-state index contributed by atoms with van der Waals surface area (Å²) >= 11 is 12.9. The minimum absolute atomic E-state index is 0.0240. The van der Waals surface area contributed by atoms with Crippen molar-refractivity contribution >= 4 is 73.2 Å². The number of nitrogens with two attached hydrogens (primary N) is 1. The van der Waals surface area contributed by atoms with Crippen LogP contribution in [-0.4, -0.2) is 52.7 Å². The van der Waals surface area contributed by atoms with Gasteiger partial charge < -0.3 is 30.9 Å². The summed E-state index contributed by atoms with van der Waals surface area (Å²) in [6.07, 6.45) is -1.30. The zero-order valence-electron chi connectivity index (χ0n) is 33.2. The first-order valence-electron chi connectivity index (χ1n) is 19.3. The number of fused-ring (bicyclic) bond motifs is 2. The number of carboxylic acid groups (broad SMARTS) is 1. The van der Waals surface area contributed by atoms with Gasteiger partial charge in [0.15, 0.2) is 9.34 Å². The van der Waals surface area contributed by atoms with Gasteiger partial charge in [-0.05, 0) is 95.3 Å². The van der Waals surface area contributed by atoms with Gasteiger partial charge in [0.05, 0.1) is 33.1 Å². The van der Waals surface area contributed by atoms with Crippen LogP contribution in [0.25, 0.3) is 11.1 Å². The van der Waals surface area contributed by atoms with Crippen molar-refractivity contribution in [2.75, 3.05) is 11.1 Å². The molecule has 0 saturated heterocycles. The Balaban J connectivity index is 1.02. The molecule has 2 aliphatic rings. The number of hydrogen-bond donors (Lipinski definition) is 4. The summed E-state index contributed by atoms with van der Waals surface area (Å²) in [5.74, 6) is -1.77. The third-order valence-electron chi connectivity index (χ3n) is 10.7. The van der Waals surface area contributed by atoms with Gasteiger partial charge in [-0.1, -0.05) is 89.1 Å². The molecule has 0 aliphatic carbocycles. The number of amides is 2. The number of nitrogens with zero attached hydrogens (tertiary/aromatic N) is 3. The second-order valence-corrected chi connectivity index (χ2v) is 18.8. The van der Waals surface area contributed by atoms with Crippen molar-refractivity contribution in [2.45, 2.75) is 55.3 Å². The van der Waals surface area contributed by atoms with Crippen molar-refractivity contribution < 1.29 is 37.4 Å². The summed E-state index contributed by atoms with van der Waals surface area (Å²) in [6, 6.07) is 28.7. The van der Waals surface area contributed by atoms with E-state index in [1.165, 1.54) is 6.92 Å². The van der Waals surface area contributed by atoms with Crippen LogP contribution in [0, 0.1) is 18.3 Å². The highest BCUT2D eigenvalue weighted by molar-refractivity contribution is 7.91. The molecule has 3 heterocycles. The van der Waals surface area contributed by atoms with Crippen molar-refractivity contribution in [2.24, 2.45) is 0 Å². The van der Waals surface area contributed by atoms with E-state index in [4.69, 9.17) is 43.7 Å². The van der Waals surface area contributed by atoms with Crippen LogP contribution in [0.3, 0.4) is 0 Å². The van der Waals surface area contributed by atoms with Crippen molar-refractivity contribution in [3.05, 3.63) is 152 Å². The molecule has 320 valence electrons. The SMILES string of the molecule is Cc1nc(N)sc1S(=O)(=O)N1Cc2cc3c(cc2C[C@H]1C(=O)N[C@@H](Cc1ccc(-c2ccc(C#N)cc2)cc1)C(=O)O)NC(=O)C(c1ccc(OCc2ccc(Cl)c(Cl)c2)cc1)O3. The van der Waals surface area contributed by atoms with E-state index in [1.54, 1.807) is 78.9 Å². The Kier molecular flexibility index (Phi) is 12.1. The van der Waals surface area contributed by atoms with Crippen molar-refractivity contribution in [3.63, 3.8) is 0 Å². The molecule has 0 fully saturated rings. The molecule has 5 aromatic carbocycles. The highest BCUT2D eigenvalue weighted by atomic mass is 35.5. The largest absolute Gasteiger partial charge is 0.489 e. The van der Waals surface area contributed by atoms with E-state index in [1.807, 2.05) is 24.3 Å². The maximum Gasteiger partial charge on any atom is 0.326 e. The van der Waals surface area contributed by atoms with Gasteiger partial charge in [-0.15, -0.1) is 0 Å². The van der Waals surface area contributed by atoms with Crippen molar-refractivity contribution in [3.8, 4) is 28.7 Å². The van der Waals surface area contributed by atoms with E-state index in [0.29, 0.717) is 49.3 Å². The highest BCUT2D eigenvalue weighted by Gasteiger charge is 2.43. The quantitative estimate of drug-likeness (QED) is 0.0946. The molecule has 14 nitrogen and oxygen atoms in total. The molecule has 3 atom stereocenters. The van der Waals surface area contributed by atoms with Crippen LogP contribution in [-0.2, 0) is 50.4 Å². The van der Waals surface area contributed by atoms with Crippen LogP contribution >= 0.6 is 34.5 Å². The summed E-state index contributed by atoms with van der Waals surface area (Å²) in [5.41, 5.74) is 11.6. The van der Waals surface area contributed by atoms with E-state index < -0.39 is 46.0 Å². The molecule has 18 heteroatoms.